The third-order valence-electron chi connectivity index (χ3n) is 5.65. The van der Waals surface area contributed by atoms with E-state index in [-0.39, 0.29) is 49.5 Å². The van der Waals surface area contributed by atoms with Crippen LogP contribution in [0.3, 0.4) is 0 Å². The van der Waals surface area contributed by atoms with E-state index < -0.39 is 17.2 Å². The van der Waals surface area contributed by atoms with Gasteiger partial charge in [0.2, 0.25) is 5.91 Å². The number of hydrogen-bond acceptors (Lipinski definition) is 6. The number of hydrogen-bond donors (Lipinski definition) is 2. The fraction of sp³-hybridized carbons (Fsp3) is 0.522. The fourth-order valence-electron chi connectivity index (χ4n) is 4.26. The van der Waals surface area contributed by atoms with Crippen molar-refractivity contribution in [3.63, 3.8) is 0 Å². The first-order valence-corrected chi connectivity index (χ1v) is 11.1. The molecule has 0 unspecified atom stereocenters. The molecule has 1 aromatic carbocycles. The molecular weight excluding hydrogens is 429 g/mol. The number of amides is 1. The number of nitrogens with one attached hydrogen (secondary N) is 1. The zero-order valence-electron chi connectivity index (χ0n) is 19.6. The Morgan fingerprint density at radius 3 is 2.73 bits per heavy atom. The molecule has 2 aromatic rings. The quantitative estimate of drug-likeness (QED) is 0.618. The lowest BCUT2D eigenvalue weighted by Gasteiger charge is -2.33. The zero-order valence-corrected chi connectivity index (χ0v) is 19.6. The van der Waals surface area contributed by atoms with Gasteiger partial charge in [0.15, 0.2) is 5.69 Å². The minimum Gasteiger partial charge on any atom is -0.383 e. The van der Waals surface area contributed by atoms with Gasteiger partial charge in [-0.2, -0.15) is 0 Å². The van der Waals surface area contributed by atoms with E-state index in [1.54, 1.807) is 4.90 Å². The van der Waals surface area contributed by atoms with Gasteiger partial charge in [-0.05, 0) is 42.9 Å². The molecule has 3 rings (SSSR count). The van der Waals surface area contributed by atoms with Crippen LogP contribution >= 0.6 is 0 Å². The largest absolute Gasteiger partial charge is 0.383 e. The molecule has 1 aliphatic rings. The Labute approximate surface area is 191 Å². The normalized spacial score (nSPS) is 13.3. The summed E-state index contributed by atoms with van der Waals surface area (Å²) < 4.78 is 21.2. The second-order valence-electron chi connectivity index (χ2n) is 8.82. The standard InChI is InChI=1S/C23H32FN5O4/c1-14(2)12-29-21(25)20(22(31)26-23(29)32)28(8-9-33-4)18(30)13-27-7-5-6-16-10-15(3)11-17(24)19(16)27/h10-11,14H,5-9,12-13,25H2,1-4H3,(H,26,31,32). The van der Waals surface area contributed by atoms with Crippen molar-refractivity contribution in [2.75, 3.05) is 48.9 Å². The van der Waals surface area contributed by atoms with Crippen LogP contribution in [-0.2, 0) is 22.5 Å². The lowest BCUT2D eigenvalue weighted by Crippen LogP contribution is -2.47. The second-order valence-corrected chi connectivity index (χ2v) is 8.82. The molecule has 2 heterocycles. The molecule has 0 radical (unpaired) electrons. The number of carbonyl (C=O) groups is 1. The first-order valence-electron chi connectivity index (χ1n) is 11.1. The van der Waals surface area contributed by atoms with E-state index >= 15 is 0 Å². The van der Waals surface area contributed by atoms with E-state index in [2.05, 4.69) is 4.98 Å². The summed E-state index contributed by atoms with van der Waals surface area (Å²) in [5.41, 5.74) is 6.86. The van der Waals surface area contributed by atoms with Gasteiger partial charge in [0.1, 0.15) is 11.6 Å². The molecule has 1 aromatic heterocycles. The lowest BCUT2D eigenvalue weighted by molar-refractivity contribution is -0.117. The predicted octanol–water partition coefficient (Wildman–Crippen LogP) is 1.65. The number of carbonyl (C=O) groups excluding carboxylic acids is 1. The van der Waals surface area contributed by atoms with E-state index in [4.69, 9.17) is 10.5 Å². The number of nitrogen functional groups attached to an aromatic ring is 1. The number of aromatic amines is 1. The topological polar surface area (TPSA) is 114 Å². The van der Waals surface area contributed by atoms with Gasteiger partial charge in [-0.1, -0.05) is 19.9 Å². The fourth-order valence-corrected chi connectivity index (χ4v) is 4.26. The highest BCUT2D eigenvalue weighted by atomic mass is 19.1. The number of nitrogens with two attached hydrogens (primary N) is 1. The van der Waals surface area contributed by atoms with Gasteiger partial charge >= 0.3 is 5.69 Å². The number of aromatic nitrogens is 2. The average molecular weight is 462 g/mol. The van der Waals surface area contributed by atoms with Crippen LogP contribution in [0.25, 0.3) is 0 Å². The first kappa shape index (κ1) is 24.5. The number of anilines is 3. The second kappa shape index (κ2) is 10.2. The summed E-state index contributed by atoms with van der Waals surface area (Å²) in [4.78, 5) is 43.7. The van der Waals surface area contributed by atoms with Gasteiger partial charge in [-0.25, -0.2) is 9.18 Å². The number of aryl methyl sites for hydroxylation is 2. The van der Waals surface area contributed by atoms with Crippen molar-refractivity contribution in [2.45, 2.75) is 40.2 Å². The first-order chi connectivity index (χ1) is 15.6. The minimum atomic E-state index is -0.747. The maximum Gasteiger partial charge on any atom is 0.330 e. The Balaban J connectivity index is 2.00. The summed E-state index contributed by atoms with van der Waals surface area (Å²) in [5, 5.41) is 0. The average Bonchev–Trinajstić information content (AvgIpc) is 2.72. The number of ether oxygens (including phenoxy) is 1. The SMILES string of the molecule is COCCN(C(=O)CN1CCCc2cc(C)cc(F)c21)c1c(N)n(CC(C)C)c(=O)[nH]c1=O. The van der Waals surface area contributed by atoms with Crippen LogP contribution < -0.4 is 26.8 Å². The number of fused-ring (bicyclic) bond motifs is 1. The molecule has 1 amide bonds. The van der Waals surface area contributed by atoms with E-state index in [0.717, 1.165) is 24.0 Å². The lowest BCUT2D eigenvalue weighted by atomic mass is 9.99. The van der Waals surface area contributed by atoms with Crippen LogP contribution in [0.15, 0.2) is 21.7 Å². The van der Waals surface area contributed by atoms with Crippen molar-refractivity contribution in [2.24, 2.45) is 5.92 Å². The number of H-pyrrole nitrogens is 1. The maximum atomic E-state index is 14.8. The van der Waals surface area contributed by atoms with E-state index in [9.17, 15) is 18.8 Å². The van der Waals surface area contributed by atoms with Gasteiger partial charge in [0.05, 0.1) is 18.8 Å². The Hall–Kier alpha value is -3.14. The third-order valence-corrected chi connectivity index (χ3v) is 5.65. The van der Waals surface area contributed by atoms with Crippen molar-refractivity contribution in [3.05, 3.63) is 49.9 Å². The van der Waals surface area contributed by atoms with Crippen LogP contribution in [-0.4, -0.2) is 48.8 Å². The molecule has 9 nitrogen and oxygen atoms in total. The highest BCUT2D eigenvalue weighted by Gasteiger charge is 2.28. The molecule has 3 N–H and O–H groups in total. The molecule has 1 aliphatic heterocycles. The molecule has 0 atom stereocenters. The maximum absolute atomic E-state index is 14.8. The van der Waals surface area contributed by atoms with Crippen LogP contribution in [0.5, 0.6) is 0 Å². The Morgan fingerprint density at radius 1 is 1.33 bits per heavy atom. The Morgan fingerprint density at radius 2 is 2.06 bits per heavy atom. The summed E-state index contributed by atoms with van der Waals surface area (Å²) >= 11 is 0. The van der Waals surface area contributed by atoms with Crippen LogP contribution in [0.1, 0.15) is 31.4 Å². The monoisotopic (exact) mass is 461 g/mol. The molecular formula is C23H32FN5O4. The van der Waals surface area contributed by atoms with Crippen molar-refractivity contribution < 1.29 is 13.9 Å². The summed E-state index contributed by atoms with van der Waals surface area (Å²) in [7, 11) is 1.48. The summed E-state index contributed by atoms with van der Waals surface area (Å²) in [6.45, 7) is 6.51. The van der Waals surface area contributed by atoms with Crippen LogP contribution in [0.2, 0.25) is 0 Å². The van der Waals surface area contributed by atoms with Crippen LogP contribution in [0, 0.1) is 18.7 Å². The Kier molecular flexibility index (Phi) is 7.57. The molecule has 33 heavy (non-hydrogen) atoms. The predicted molar refractivity (Wildman–Crippen MR) is 126 cm³/mol. The number of methoxy groups -OCH3 is 1. The third kappa shape index (κ3) is 5.27. The molecule has 0 saturated carbocycles. The van der Waals surface area contributed by atoms with E-state index in [0.29, 0.717) is 12.2 Å². The minimum absolute atomic E-state index is 0.0551. The van der Waals surface area contributed by atoms with Gasteiger partial charge in [0.25, 0.3) is 5.56 Å². The molecule has 10 heteroatoms. The number of halogens is 1. The van der Waals surface area contributed by atoms with Crippen LogP contribution in [0.4, 0.5) is 21.6 Å². The van der Waals surface area contributed by atoms with Crippen molar-refractivity contribution in [3.8, 4) is 0 Å². The number of rotatable bonds is 8. The van der Waals surface area contributed by atoms with Gasteiger partial charge in [-0.15, -0.1) is 0 Å². The number of benzene rings is 1. The van der Waals surface area contributed by atoms with Gasteiger partial charge in [-0.3, -0.25) is 19.1 Å². The highest BCUT2D eigenvalue weighted by molar-refractivity contribution is 5.98. The van der Waals surface area contributed by atoms with Crippen molar-refractivity contribution in [1.29, 1.82) is 0 Å². The summed E-state index contributed by atoms with van der Waals surface area (Å²) in [6.07, 6.45) is 1.52. The zero-order chi connectivity index (χ0) is 24.3. The van der Waals surface area contributed by atoms with E-state index in [1.807, 2.05) is 26.8 Å². The van der Waals surface area contributed by atoms with Gasteiger partial charge < -0.3 is 20.3 Å². The molecule has 0 bridgehead atoms. The Bertz CT molecular complexity index is 1140. The highest BCUT2D eigenvalue weighted by Crippen LogP contribution is 2.31. The molecule has 180 valence electrons. The summed E-state index contributed by atoms with van der Waals surface area (Å²) in [6, 6.07) is 3.39. The number of nitrogens with zero attached hydrogens (tertiary/aromatic N) is 3. The molecule has 0 spiro atoms. The smallest absolute Gasteiger partial charge is 0.330 e. The molecule has 0 saturated heterocycles. The molecule has 0 fully saturated rings. The van der Waals surface area contributed by atoms with Gasteiger partial charge in [0, 0.05) is 26.7 Å². The summed E-state index contributed by atoms with van der Waals surface area (Å²) in [5.74, 6) is -0.804. The van der Waals surface area contributed by atoms with Crippen molar-refractivity contribution in [1.82, 2.24) is 9.55 Å². The molecule has 0 aliphatic carbocycles. The van der Waals surface area contributed by atoms with E-state index in [1.165, 1.54) is 22.6 Å². The van der Waals surface area contributed by atoms with Crippen molar-refractivity contribution >= 4 is 23.1 Å².